The highest BCUT2D eigenvalue weighted by Crippen LogP contribution is 2.32. The Morgan fingerprint density at radius 3 is 2.73 bits per heavy atom. The number of urea groups is 1. The largest absolute Gasteiger partial charge is 0.416 e. The van der Waals surface area contributed by atoms with Gasteiger partial charge in [-0.25, -0.2) is 4.79 Å². The van der Waals surface area contributed by atoms with Gasteiger partial charge in [-0.2, -0.15) is 13.2 Å². The molecule has 1 aromatic carbocycles. The van der Waals surface area contributed by atoms with E-state index in [0.717, 1.165) is 12.1 Å². The second-order valence-electron chi connectivity index (χ2n) is 7.68. The van der Waals surface area contributed by atoms with Gasteiger partial charge in [-0.3, -0.25) is 4.79 Å². The summed E-state index contributed by atoms with van der Waals surface area (Å²) in [7, 11) is 0. The predicted molar refractivity (Wildman–Crippen MR) is 99.9 cm³/mol. The molecular formula is C19H21ClF3N3O4. The molecule has 3 saturated heterocycles. The van der Waals surface area contributed by atoms with Crippen LogP contribution in [0, 0.1) is 0 Å². The molecule has 0 aliphatic carbocycles. The highest BCUT2D eigenvalue weighted by molar-refractivity contribution is 6.31. The molecule has 0 spiro atoms. The van der Waals surface area contributed by atoms with Gasteiger partial charge in [0, 0.05) is 18.1 Å². The summed E-state index contributed by atoms with van der Waals surface area (Å²) in [5.74, 6) is -0.176. The minimum atomic E-state index is -4.45. The van der Waals surface area contributed by atoms with Gasteiger partial charge >= 0.3 is 12.2 Å². The molecule has 0 radical (unpaired) electrons. The normalized spacial score (nSPS) is 24.9. The van der Waals surface area contributed by atoms with Crippen LogP contribution in [0.25, 0.3) is 0 Å². The van der Waals surface area contributed by atoms with E-state index in [9.17, 15) is 22.8 Å². The van der Waals surface area contributed by atoms with Crippen molar-refractivity contribution in [2.45, 2.75) is 37.5 Å². The first kappa shape index (κ1) is 21.2. The molecule has 11 heteroatoms. The SMILES string of the molecule is O=C1COC2CCN(C(=O)N3CC(OCc4ccc(C(F)(F)F)cc4Cl)C3)CC2N1. The first-order valence-corrected chi connectivity index (χ1v) is 10.0. The highest BCUT2D eigenvalue weighted by Gasteiger charge is 2.40. The quantitative estimate of drug-likeness (QED) is 0.771. The van der Waals surface area contributed by atoms with Gasteiger partial charge in [-0.05, 0) is 24.1 Å². The van der Waals surface area contributed by atoms with Gasteiger partial charge in [0.1, 0.15) is 6.61 Å². The van der Waals surface area contributed by atoms with Gasteiger partial charge in [0.2, 0.25) is 5.91 Å². The monoisotopic (exact) mass is 447 g/mol. The number of carbonyl (C=O) groups excluding carboxylic acids is 2. The van der Waals surface area contributed by atoms with Crippen LogP contribution in [0.2, 0.25) is 5.02 Å². The molecule has 1 N–H and O–H groups in total. The fourth-order valence-corrected chi connectivity index (χ4v) is 4.06. The predicted octanol–water partition coefficient (Wildman–Crippen LogP) is 2.27. The van der Waals surface area contributed by atoms with Crippen molar-refractivity contribution in [1.82, 2.24) is 15.1 Å². The summed E-state index contributed by atoms with van der Waals surface area (Å²) < 4.78 is 49.3. The Morgan fingerprint density at radius 1 is 1.27 bits per heavy atom. The van der Waals surface area contributed by atoms with Crippen molar-refractivity contribution in [3.63, 3.8) is 0 Å². The Balaban J connectivity index is 1.23. The summed E-state index contributed by atoms with van der Waals surface area (Å²) in [6.45, 7) is 1.87. The molecule has 3 aliphatic heterocycles. The minimum absolute atomic E-state index is 0.00306. The molecule has 3 heterocycles. The maximum atomic E-state index is 12.7. The third-order valence-corrected chi connectivity index (χ3v) is 5.92. The van der Waals surface area contributed by atoms with Crippen LogP contribution in [0.3, 0.4) is 0 Å². The van der Waals surface area contributed by atoms with E-state index in [-0.39, 0.29) is 48.4 Å². The van der Waals surface area contributed by atoms with E-state index in [1.807, 2.05) is 0 Å². The molecule has 3 fully saturated rings. The number of hydrogen-bond donors (Lipinski definition) is 1. The van der Waals surface area contributed by atoms with Crippen molar-refractivity contribution in [3.05, 3.63) is 34.3 Å². The number of ether oxygens (including phenoxy) is 2. The van der Waals surface area contributed by atoms with Crippen LogP contribution in [-0.2, 0) is 27.1 Å². The summed E-state index contributed by atoms with van der Waals surface area (Å²) in [5.41, 5.74) is -0.343. The van der Waals surface area contributed by atoms with Crippen molar-refractivity contribution in [2.75, 3.05) is 32.8 Å². The number of benzene rings is 1. The van der Waals surface area contributed by atoms with Crippen LogP contribution < -0.4 is 5.32 Å². The Morgan fingerprint density at radius 2 is 2.03 bits per heavy atom. The molecule has 3 amide bonds. The fourth-order valence-electron chi connectivity index (χ4n) is 3.82. The summed E-state index contributed by atoms with van der Waals surface area (Å²) in [6, 6.07) is 2.84. The summed E-state index contributed by atoms with van der Waals surface area (Å²) in [4.78, 5) is 27.5. The third-order valence-electron chi connectivity index (χ3n) is 5.57. The first-order chi connectivity index (χ1) is 14.2. The second-order valence-corrected chi connectivity index (χ2v) is 8.09. The smallest absolute Gasteiger partial charge is 0.370 e. The van der Waals surface area contributed by atoms with Crippen molar-refractivity contribution in [1.29, 1.82) is 0 Å². The maximum Gasteiger partial charge on any atom is 0.416 e. The lowest BCUT2D eigenvalue weighted by molar-refractivity contribution is -0.140. The zero-order valence-electron chi connectivity index (χ0n) is 16.0. The average molecular weight is 448 g/mol. The summed E-state index contributed by atoms with van der Waals surface area (Å²) >= 11 is 5.94. The molecule has 30 heavy (non-hydrogen) atoms. The summed E-state index contributed by atoms with van der Waals surface area (Å²) in [6.07, 6.45) is -4.05. The minimum Gasteiger partial charge on any atom is -0.370 e. The number of nitrogens with one attached hydrogen (secondary N) is 1. The molecule has 0 saturated carbocycles. The molecule has 2 atom stereocenters. The molecule has 4 rings (SSSR count). The van der Waals surface area contributed by atoms with Gasteiger partial charge in [0.05, 0.1) is 43.5 Å². The number of piperidine rings is 1. The number of carbonyl (C=O) groups is 2. The van der Waals surface area contributed by atoms with Crippen LogP contribution in [-0.4, -0.2) is 72.8 Å². The lowest BCUT2D eigenvalue weighted by Crippen LogP contribution is -2.65. The maximum absolute atomic E-state index is 12.7. The van der Waals surface area contributed by atoms with Gasteiger partial charge in [0.25, 0.3) is 0 Å². The molecule has 3 aliphatic rings. The van der Waals surface area contributed by atoms with Crippen molar-refractivity contribution in [3.8, 4) is 0 Å². The van der Waals surface area contributed by atoms with Crippen LogP contribution in [0.1, 0.15) is 17.5 Å². The topological polar surface area (TPSA) is 71.1 Å². The Labute approximate surface area is 176 Å². The molecular weight excluding hydrogens is 427 g/mol. The van der Waals surface area contributed by atoms with E-state index in [0.29, 0.717) is 38.2 Å². The number of halogens is 4. The zero-order chi connectivity index (χ0) is 21.5. The number of rotatable bonds is 3. The van der Waals surface area contributed by atoms with Crippen LogP contribution in [0.4, 0.5) is 18.0 Å². The van der Waals surface area contributed by atoms with E-state index >= 15 is 0 Å². The van der Waals surface area contributed by atoms with Gasteiger partial charge < -0.3 is 24.6 Å². The number of alkyl halides is 3. The number of fused-ring (bicyclic) bond motifs is 1. The molecule has 0 aromatic heterocycles. The zero-order valence-corrected chi connectivity index (χ0v) is 16.7. The first-order valence-electron chi connectivity index (χ1n) is 9.63. The van der Waals surface area contributed by atoms with E-state index < -0.39 is 11.7 Å². The number of morpholine rings is 1. The number of hydrogen-bond acceptors (Lipinski definition) is 4. The average Bonchev–Trinajstić information content (AvgIpc) is 2.66. The van der Waals surface area contributed by atoms with Gasteiger partial charge in [0.15, 0.2) is 0 Å². The number of likely N-dealkylation sites (tertiary alicyclic amines) is 2. The lowest BCUT2D eigenvalue weighted by atomic mass is 10.0. The molecule has 2 unspecified atom stereocenters. The lowest BCUT2D eigenvalue weighted by Gasteiger charge is -2.46. The molecule has 7 nitrogen and oxygen atoms in total. The Hall–Kier alpha value is -2.04. The van der Waals surface area contributed by atoms with E-state index in [1.54, 1.807) is 9.80 Å². The fraction of sp³-hybridized carbons (Fsp3) is 0.579. The van der Waals surface area contributed by atoms with Crippen LogP contribution in [0.15, 0.2) is 18.2 Å². The number of amides is 3. The third kappa shape index (κ3) is 4.50. The Bertz CT molecular complexity index is 832. The molecule has 0 bridgehead atoms. The Kier molecular flexibility index (Phi) is 5.82. The molecule has 1 aromatic rings. The van der Waals surface area contributed by atoms with Crippen molar-refractivity contribution in [2.24, 2.45) is 0 Å². The summed E-state index contributed by atoms with van der Waals surface area (Å²) in [5, 5.41) is 2.86. The van der Waals surface area contributed by atoms with Gasteiger partial charge in [-0.15, -0.1) is 0 Å². The van der Waals surface area contributed by atoms with E-state index in [2.05, 4.69) is 5.32 Å². The standard InChI is InChI=1S/C19H21ClF3N3O4/c20-14-5-12(19(21,22)23)2-1-11(14)9-29-13-6-26(7-13)18(28)25-4-3-16-15(8-25)24-17(27)10-30-16/h1-2,5,13,15-16H,3-4,6-10H2,(H,24,27). The van der Waals surface area contributed by atoms with Crippen molar-refractivity contribution >= 4 is 23.5 Å². The van der Waals surface area contributed by atoms with Crippen LogP contribution in [0.5, 0.6) is 0 Å². The number of nitrogens with zero attached hydrogens (tertiary/aromatic N) is 2. The van der Waals surface area contributed by atoms with Crippen molar-refractivity contribution < 1.29 is 32.2 Å². The molecule has 164 valence electrons. The van der Waals surface area contributed by atoms with Crippen LogP contribution >= 0.6 is 11.6 Å². The van der Waals surface area contributed by atoms with Gasteiger partial charge in [-0.1, -0.05) is 17.7 Å². The second kappa shape index (κ2) is 8.24. The van der Waals surface area contributed by atoms with E-state index in [4.69, 9.17) is 21.1 Å². The van der Waals surface area contributed by atoms with E-state index in [1.165, 1.54) is 6.07 Å². The highest BCUT2D eigenvalue weighted by atomic mass is 35.5.